The van der Waals surface area contributed by atoms with E-state index in [-0.39, 0.29) is 5.91 Å². The van der Waals surface area contributed by atoms with E-state index in [9.17, 15) is 4.79 Å². The molecular formula is C13H10BrClN2O. The summed E-state index contributed by atoms with van der Waals surface area (Å²) in [5, 5.41) is 3.23. The van der Waals surface area contributed by atoms with E-state index in [0.717, 1.165) is 4.47 Å². The van der Waals surface area contributed by atoms with Crippen LogP contribution < -0.4 is 11.1 Å². The number of benzene rings is 2. The third-order valence-electron chi connectivity index (χ3n) is 2.37. The molecule has 2 rings (SSSR count). The second kappa shape index (κ2) is 5.42. The molecule has 0 saturated carbocycles. The summed E-state index contributed by atoms with van der Waals surface area (Å²) in [7, 11) is 0. The maximum absolute atomic E-state index is 12.0. The second-order valence-electron chi connectivity index (χ2n) is 3.67. The van der Waals surface area contributed by atoms with E-state index in [0.29, 0.717) is 22.0 Å². The maximum atomic E-state index is 12.0. The van der Waals surface area contributed by atoms with Crippen LogP contribution in [-0.2, 0) is 0 Å². The van der Waals surface area contributed by atoms with E-state index in [1.807, 2.05) is 12.1 Å². The maximum Gasteiger partial charge on any atom is 0.256 e. The van der Waals surface area contributed by atoms with Gasteiger partial charge in [-0.3, -0.25) is 4.79 Å². The minimum Gasteiger partial charge on any atom is -0.397 e. The molecule has 0 aliphatic carbocycles. The Morgan fingerprint density at radius 2 is 1.94 bits per heavy atom. The first-order valence-corrected chi connectivity index (χ1v) is 6.36. The molecule has 0 aromatic heterocycles. The number of nitrogen functional groups attached to an aromatic ring is 1. The normalized spacial score (nSPS) is 10.1. The van der Waals surface area contributed by atoms with Gasteiger partial charge in [0.05, 0.1) is 16.3 Å². The lowest BCUT2D eigenvalue weighted by atomic mass is 10.2. The Balaban J connectivity index is 2.22. The Labute approximate surface area is 118 Å². The number of carbonyl (C=O) groups is 1. The summed E-state index contributed by atoms with van der Waals surface area (Å²) in [6.07, 6.45) is 0. The lowest BCUT2D eigenvalue weighted by molar-refractivity contribution is 0.102. The van der Waals surface area contributed by atoms with E-state index in [2.05, 4.69) is 21.2 Å². The Hall–Kier alpha value is -1.52. The first-order chi connectivity index (χ1) is 8.58. The minimum absolute atomic E-state index is 0.204. The van der Waals surface area contributed by atoms with Gasteiger partial charge in [0.2, 0.25) is 0 Å². The molecule has 2 aromatic carbocycles. The van der Waals surface area contributed by atoms with E-state index in [1.165, 1.54) is 0 Å². The number of nitrogens with one attached hydrogen (secondary N) is 1. The fourth-order valence-corrected chi connectivity index (χ4v) is 2.05. The van der Waals surface area contributed by atoms with E-state index in [4.69, 9.17) is 17.3 Å². The predicted molar refractivity (Wildman–Crippen MR) is 78.0 cm³/mol. The lowest BCUT2D eigenvalue weighted by Gasteiger charge is -2.08. The minimum atomic E-state index is -0.204. The first kappa shape index (κ1) is 12.9. The number of hydrogen-bond acceptors (Lipinski definition) is 2. The molecule has 2 aromatic rings. The number of halogens is 2. The number of carbonyl (C=O) groups excluding carboxylic acids is 1. The highest BCUT2D eigenvalue weighted by atomic mass is 79.9. The van der Waals surface area contributed by atoms with Gasteiger partial charge in [-0.2, -0.15) is 0 Å². The fraction of sp³-hybridized carbons (Fsp3) is 0. The molecule has 92 valence electrons. The van der Waals surface area contributed by atoms with Gasteiger partial charge < -0.3 is 11.1 Å². The van der Waals surface area contributed by atoms with Crippen LogP contribution in [0, 0.1) is 0 Å². The highest BCUT2D eigenvalue weighted by molar-refractivity contribution is 9.10. The molecule has 0 radical (unpaired) electrons. The summed E-state index contributed by atoms with van der Waals surface area (Å²) in [6.45, 7) is 0. The predicted octanol–water partition coefficient (Wildman–Crippen LogP) is 3.94. The van der Waals surface area contributed by atoms with Gasteiger partial charge in [0.1, 0.15) is 0 Å². The summed E-state index contributed by atoms with van der Waals surface area (Å²) in [5.41, 5.74) is 7.27. The average Bonchev–Trinajstić information content (AvgIpc) is 2.34. The Morgan fingerprint density at radius 3 is 2.61 bits per heavy atom. The average molecular weight is 326 g/mol. The van der Waals surface area contributed by atoms with Gasteiger partial charge in [0.25, 0.3) is 5.91 Å². The van der Waals surface area contributed by atoms with Crippen LogP contribution in [0.4, 0.5) is 11.4 Å². The molecule has 18 heavy (non-hydrogen) atoms. The molecule has 0 heterocycles. The van der Waals surface area contributed by atoms with E-state index < -0.39 is 0 Å². The number of rotatable bonds is 2. The van der Waals surface area contributed by atoms with Gasteiger partial charge in [-0.1, -0.05) is 23.7 Å². The molecule has 0 spiro atoms. The molecule has 0 unspecified atom stereocenters. The largest absolute Gasteiger partial charge is 0.397 e. The molecule has 0 aliphatic rings. The molecule has 0 atom stereocenters. The fourth-order valence-electron chi connectivity index (χ4n) is 1.47. The van der Waals surface area contributed by atoms with Gasteiger partial charge in [-0.05, 0) is 46.3 Å². The van der Waals surface area contributed by atoms with Crippen molar-refractivity contribution in [3.63, 3.8) is 0 Å². The van der Waals surface area contributed by atoms with Crippen LogP contribution in [0.3, 0.4) is 0 Å². The van der Waals surface area contributed by atoms with Gasteiger partial charge in [0.15, 0.2) is 0 Å². The molecule has 5 heteroatoms. The van der Waals surface area contributed by atoms with Crippen LogP contribution in [0.1, 0.15) is 10.4 Å². The zero-order chi connectivity index (χ0) is 13.1. The molecule has 0 aliphatic heterocycles. The summed E-state index contributed by atoms with van der Waals surface area (Å²) >= 11 is 9.14. The van der Waals surface area contributed by atoms with Crippen molar-refractivity contribution < 1.29 is 4.79 Å². The summed E-state index contributed by atoms with van der Waals surface area (Å²) in [6, 6.07) is 12.2. The Morgan fingerprint density at radius 1 is 1.22 bits per heavy atom. The smallest absolute Gasteiger partial charge is 0.256 e. The highest BCUT2D eigenvalue weighted by Gasteiger charge is 2.09. The third kappa shape index (κ3) is 2.83. The van der Waals surface area contributed by atoms with Gasteiger partial charge in [0, 0.05) is 10.2 Å². The summed E-state index contributed by atoms with van der Waals surface area (Å²) < 4.78 is 0.740. The molecule has 1 amide bonds. The van der Waals surface area contributed by atoms with Crippen molar-refractivity contribution >= 4 is 44.8 Å². The van der Waals surface area contributed by atoms with Gasteiger partial charge >= 0.3 is 0 Å². The molecule has 0 fully saturated rings. The number of amides is 1. The standard InChI is InChI=1S/C13H10BrClN2O/c14-10-4-2-1-3-9(10)13(18)17-8-5-6-11(15)12(16)7-8/h1-7H,16H2,(H,17,18). The van der Waals surface area contributed by atoms with Crippen LogP contribution >= 0.6 is 27.5 Å². The van der Waals surface area contributed by atoms with Crippen LogP contribution in [0.15, 0.2) is 46.9 Å². The summed E-state index contributed by atoms with van der Waals surface area (Å²) in [5.74, 6) is -0.204. The van der Waals surface area contributed by atoms with Crippen molar-refractivity contribution in [3.05, 3.63) is 57.5 Å². The topological polar surface area (TPSA) is 55.1 Å². The van der Waals surface area contributed by atoms with Crippen LogP contribution in [0.5, 0.6) is 0 Å². The zero-order valence-electron chi connectivity index (χ0n) is 9.28. The SMILES string of the molecule is Nc1cc(NC(=O)c2ccccc2Br)ccc1Cl. The van der Waals surface area contributed by atoms with Crippen molar-refractivity contribution in [2.24, 2.45) is 0 Å². The van der Waals surface area contributed by atoms with Crippen LogP contribution in [0.25, 0.3) is 0 Å². The number of anilines is 2. The Kier molecular flexibility index (Phi) is 3.89. The quantitative estimate of drug-likeness (QED) is 0.822. The molecule has 3 nitrogen and oxygen atoms in total. The Bertz CT molecular complexity index is 601. The van der Waals surface area contributed by atoms with Gasteiger partial charge in [-0.25, -0.2) is 0 Å². The van der Waals surface area contributed by atoms with E-state index >= 15 is 0 Å². The third-order valence-corrected chi connectivity index (χ3v) is 3.41. The van der Waals surface area contributed by atoms with Crippen molar-refractivity contribution in [3.8, 4) is 0 Å². The number of hydrogen-bond donors (Lipinski definition) is 2. The monoisotopic (exact) mass is 324 g/mol. The van der Waals surface area contributed by atoms with E-state index in [1.54, 1.807) is 30.3 Å². The highest BCUT2D eigenvalue weighted by Crippen LogP contribution is 2.23. The van der Waals surface area contributed by atoms with Crippen molar-refractivity contribution in [1.29, 1.82) is 0 Å². The van der Waals surface area contributed by atoms with Gasteiger partial charge in [-0.15, -0.1) is 0 Å². The van der Waals surface area contributed by atoms with Crippen molar-refractivity contribution in [1.82, 2.24) is 0 Å². The van der Waals surface area contributed by atoms with Crippen molar-refractivity contribution in [2.45, 2.75) is 0 Å². The molecule has 3 N–H and O–H groups in total. The lowest BCUT2D eigenvalue weighted by Crippen LogP contribution is -2.12. The summed E-state index contributed by atoms with van der Waals surface area (Å²) in [4.78, 5) is 12.0. The molecular weight excluding hydrogens is 316 g/mol. The zero-order valence-corrected chi connectivity index (χ0v) is 11.6. The van der Waals surface area contributed by atoms with Crippen molar-refractivity contribution in [2.75, 3.05) is 11.1 Å². The van der Waals surface area contributed by atoms with Crippen LogP contribution in [0.2, 0.25) is 5.02 Å². The molecule has 0 saturated heterocycles. The van der Waals surface area contributed by atoms with Crippen LogP contribution in [-0.4, -0.2) is 5.91 Å². The molecule has 0 bridgehead atoms. The second-order valence-corrected chi connectivity index (χ2v) is 4.93. The number of nitrogens with two attached hydrogens (primary N) is 1. The first-order valence-electron chi connectivity index (χ1n) is 5.19.